The molecular weight excluding hydrogens is 494 g/mol. The molecule has 0 saturated carbocycles. The fourth-order valence-electron chi connectivity index (χ4n) is 0. The topological polar surface area (TPSA) is 31.5 Å². The molecule has 0 spiro atoms. The molecule has 0 aromatic rings. The molecule has 0 aromatic carbocycles. The van der Waals surface area contributed by atoms with Crippen molar-refractivity contribution >= 4 is 71.7 Å². The van der Waals surface area contributed by atoms with Crippen LogP contribution in [0.2, 0.25) is 0 Å². The van der Waals surface area contributed by atoms with Crippen molar-refractivity contribution < 1.29 is 27.9 Å². The average Bonchev–Trinajstić information content (AvgIpc) is 0. The molecule has 1 nitrogen and oxygen atoms in total. The molecule has 0 saturated heterocycles. The molecule has 4 heteroatoms. The van der Waals surface area contributed by atoms with E-state index in [1.807, 2.05) is 0 Å². The summed E-state index contributed by atoms with van der Waals surface area (Å²) in [6.45, 7) is 0. The second kappa shape index (κ2) is 16.6. The van der Waals surface area contributed by atoms with E-state index in [1.165, 1.54) is 0 Å². The third-order valence-corrected chi connectivity index (χ3v) is 0. The van der Waals surface area contributed by atoms with Crippen molar-refractivity contribution in [2.75, 3.05) is 0 Å². The van der Waals surface area contributed by atoms with Gasteiger partial charge in [-0.15, -0.1) is 0 Å². The van der Waals surface area contributed by atoms with Gasteiger partial charge in [0.25, 0.3) is 0 Å². The molecule has 0 heterocycles. The molecule has 0 fully saturated rings. The SMILES string of the molecule is O.[Bi].[Sr].[Ta]. The Kier molecular flexibility index (Phi) is 115. The van der Waals surface area contributed by atoms with Crippen LogP contribution in [0.15, 0.2) is 0 Å². The largest absolute Gasteiger partial charge is 0.412 e. The Balaban J connectivity index is 0. The normalized spacial score (nSPS) is 0. The molecule has 2 N–H and O–H groups in total. The van der Waals surface area contributed by atoms with Gasteiger partial charge in [0.05, 0.1) is 0 Å². The molecule has 4 heavy (non-hydrogen) atoms. The summed E-state index contributed by atoms with van der Waals surface area (Å²) in [5.41, 5.74) is 0. The molecule has 0 unspecified atom stereocenters. The Morgan fingerprint density at radius 3 is 1.00 bits per heavy atom. The van der Waals surface area contributed by atoms with E-state index in [-0.39, 0.29) is 99.5 Å². The summed E-state index contributed by atoms with van der Waals surface area (Å²) in [7, 11) is 0. The Morgan fingerprint density at radius 2 is 1.00 bits per heavy atom. The summed E-state index contributed by atoms with van der Waals surface area (Å²) in [6, 6.07) is 0. The second-order valence-electron chi connectivity index (χ2n) is 0. The first kappa shape index (κ1) is 27.7. The van der Waals surface area contributed by atoms with Gasteiger partial charge in [-0.25, -0.2) is 0 Å². The van der Waals surface area contributed by atoms with E-state index in [9.17, 15) is 0 Å². The van der Waals surface area contributed by atoms with Crippen molar-refractivity contribution in [3.05, 3.63) is 0 Å². The van der Waals surface area contributed by atoms with E-state index in [4.69, 9.17) is 0 Å². The van der Waals surface area contributed by atoms with Crippen LogP contribution >= 0.6 is 0 Å². The van der Waals surface area contributed by atoms with Gasteiger partial charge in [-0.2, -0.15) is 0 Å². The third kappa shape index (κ3) is 8.91. The average molecular weight is 496 g/mol. The van der Waals surface area contributed by atoms with Gasteiger partial charge in [-0.3, -0.25) is 0 Å². The van der Waals surface area contributed by atoms with Crippen LogP contribution in [0.1, 0.15) is 0 Å². The molecule has 0 rings (SSSR count). The van der Waals surface area contributed by atoms with Crippen molar-refractivity contribution in [3.63, 3.8) is 0 Å². The predicted molar refractivity (Wildman–Crippen MR) is 15.1 cm³/mol. The van der Waals surface area contributed by atoms with E-state index in [0.29, 0.717) is 0 Å². The van der Waals surface area contributed by atoms with Crippen LogP contribution in [-0.4, -0.2) is 77.2 Å². The standard InChI is InChI=1S/Bi.H2O.Sr.Ta/h;1H2;;. The summed E-state index contributed by atoms with van der Waals surface area (Å²) in [4.78, 5) is 0. The second-order valence-corrected chi connectivity index (χ2v) is 0. The van der Waals surface area contributed by atoms with Crippen LogP contribution in [0.5, 0.6) is 0 Å². The summed E-state index contributed by atoms with van der Waals surface area (Å²) >= 11 is 0. The summed E-state index contributed by atoms with van der Waals surface area (Å²) < 4.78 is 0. The van der Waals surface area contributed by atoms with Gasteiger partial charge < -0.3 is 5.48 Å². The van der Waals surface area contributed by atoms with Crippen molar-refractivity contribution in [1.29, 1.82) is 0 Å². The van der Waals surface area contributed by atoms with Crippen molar-refractivity contribution in [2.24, 2.45) is 0 Å². The fourth-order valence-corrected chi connectivity index (χ4v) is 0. The van der Waals surface area contributed by atoms with E-state index >= 15 is 0 Å². The van der Waals surface area contributed by atoms with E-state index in [0.717, 1.165) is 0 Å². The van der Waals surface area contributed by atoms with Crippen LogP contribution in [0.25, 0.3) is 0 Å². The van der Waals surface area contributed by atoms with Crippen LogP contribution in [0.3, 0.4) is 0 Å². The minimum atomic E-state index is 0. The van der Waals surface area contributed by atoms with Gasteiger partial charge >= 0.3 is 0 Å². The number of hydrogen-bond acceptors (Lipinski definition) is 0. The van der Waals surface area contributed by atoms with Crippen LogP contribution < -0.4 is 0 Å². The maximum absolute atomic E-state index is 0. The van der Waals surface area contributed by atoms with Gasteiger partial charge in [0.15, 0.2) is 0 Å². The van der Waals surface area contributed by atoms with E-state index in [2.05, 4.69) is 0 Å². The predicted octanol–water partition coefficient (Wildman–Crippen LogP) is -1.59. The monoisotopic (exact) mass is 496 g/mol. The van der Waals surface area contributed by atoms with Gasteiger partial charge in [0.2, 0.25) is 0 Å². The number of rotatable bonds is 0. The summed E-state index contributed by atoms with van der Waals surface area (Å²) in [5, 5.41) is 0. The zero-order valence-corrected chi connectivity index (χ0v) is 12.3. The van der Waals surface area contributed by atoms with Gasteiger partial charge in [0, 0.05) is 94.1 Å². The van der Waals surface area contributed by atoms with Gasteiger partial charge in [-0.1, -0.05) is 0 Å². The molecule has 20 valence electrons. The minimum absolute atomic E-state index is 0. The van der Waals surface area contributed by atoms with Crippen molar-refractivity contribution in [3.8, 4) is 0 Å². The molecule has 0 amide bonds. The molecule has 0 aliphatic rings. The van der Waals surface area contributed by atoms with Crippen LogP contribution in [-0.2, 0) is 22.4 Å². The first-order chi connectivity index (χ1) is 0. The molecule has 0 aromatic heterocycles. The Labute approximate surface area is 97.1 Å². The maximum atomic E-state index is 0. The molecule has 6 radical (unpaired) electrons. The zero-order chi connectivity index (χ0) is 0. The Hall–Kier alpha value is 3.06. The van der Waals surface area contributed by atoms with Gasteiger partial charge in [-0.05, 0) is 0 Å². The van der Waals surface area contributed by atoms with Crippen LogP contribution in [0.4, 0.5) is 0 Å². The first-order valence-electron chi connectivity index (χ1n) is 0. The minimum Gasteiger partial charge on any atom is -0.412 e. The van der Waals surface area contributed by atoms with Crippen LogP contribution in [0, 0.1) is 0 Å². The van der Waals surface area contributed by atoms with E-state index < -0.39 is 0 Å². The van der Waals surface area contributed by atoms with E-state index in [1.54, 1.807) is 0 Å². The molecule has 0 aliphatic heterocycles. The van der Waals surface area contributed by atoms with Crippen molar-refractivity contribution in [1.82, 2.24) is 0 Å². The first-order valence-corrected chi connectivity index (χ1v) is 0. The summed E-state index contributed by atoms with van der Waals surface area (Å²) in [5.74, 6) is 0. The fraction of sp³-hybridized carbons (Fsp3) is 0. The molecule has 0 atom stereocenters. The Morgan fingerprint density at radius 1 is 1.00 bits per heavy atom. The molecule has 0 aliphatic carbocycles. The third-order valence-electron chi connectivity index (χ3n) is 0. The Bertz CT molecular complexity index is 8.00. The number of hydrogen-bond donors (Lipinski definition) is 0. The molecule has 0 bridgehead atoms. The van der Waals surface area contributed by atoms with Crippen molar-refractivity contribution in [2.45, 2.75) is 0 Å². The molecular formula is H2BiOSrTa. The smallest absolute Gasteiger partial charge is 0 e. The summed E-state index contributed by atoms with van der Waals surface area (Å²) in [6.07, 6.45) is 0. The quantitative estimate of drug-likeness (QED) is 0.363. The van der Waals surface area contributed by atoms with Gasteiger partial charge in [0.1, 0.15) is 0 Å². The maximum Gasteiger partial charge on any atom is 0 e. The zero-order valence-electron chi connectivity index (χ0n) is 2.10.